The Labute approximate surface area is 110 Å². The zero-order valence-electron chi connectivity index (χ0n) is 11.0. The summed E-state index contributed by atoms with van der Waals surface area (Å²) in [5, 5.41) is 21.5. The van der Waals surface area contributed by atoms with Crippen molar-refractivity contribution in [3.05, 3.63) is 23.8 Å². The van der Waals surface area contributed by atoms with Crippen molar-refractivity contribution in [3.8, 4) is 0 Å². The Morgan fingerprint density at radius 2 is 2.16 bits per heavy atom. The minimum atomic E-state index is -1.02. The van der Waals surface area contributed by atoms with E-state index in [0.29, 0.717) is 11.1 Å². The zero-order chi connectivity index (χ0) is 14.2. The highest BCUT2D eigenvalue weighted by Gasteiger charge is 2.25. The van der Waals surface area contributed by atoms with E-state index < -0.39 is 17.6 Å². The van der Waals surface area contributed by atoms with Crippen LogP contribution >= 0.6 is 0 Å². The number of carboxylic acid groups (broad SMARTS) is 1. The maximum Gasteiger partial charge on any atom is 0.335 e. The Hall–Kier alpha value is -2.08. The lowest BCUT2D eigenvalue weighted by atomic mass is 9.99. The fourth-order valence-electron chi connectivity index (χ4n) is 1.49. The first-order valence-electron chi connectivity index (χ1n) is 5.90. The molecule has 3 N–H and O–H groups in total. The highest BCUT2D eigenvalue weighted by molar-refractivity contribution is 5.92. The largest absolute Gasteiger partial charge is 0.478 e. The van der Waals surface area contributed by atoms with Crippen molar-refractivity contribution in [2.45, 2.75) is 32.4 Å². The monoisotopic (exact) mass is 264 g/mol. The Kier molecular flexibility index (Phi) is 3.20. The molecule has 0 saturated heterocycles. The van der Waals surface area contributed by atoms with Crippen LogP contribution in [0.15, 0.2) is 22.6 Å². The standard InChI is InChI=1S/C13H16N2O4/c1-7(16)13(2,3)15-12-14-9-5-4-8(11(17)18)6-10(9)19-12/h4-7,16H,1-3H3,(H,14,15)(H,17,18). The number of aromatic nitrogens is 1. The second kappa shape index (κ2) is 4.55. The number of hydrogen-bond acceptors (Lipinski definition) is 5. The lowest BCUT2D eigenvalue weighted by molar-refractivity contribution is 0.0697. The third-order valence-electron chi connectivity index (χ3n) is 3.11. The number of aliphatic hydroxyl groups excluding tert-OH is 1. The maximum absolute atomic E-state index is 10.9. The van der Waals surface area contributed by atoms with Crippen LogP contribution in [-0.4, -0.2) is 32.8 Å². The minimum Gasteiger partial charge on any atom is -0.478 e. The van der Waals surface area contributed by atoms with Gasteiger partial charge in [-0.1, -0.05) is 0 Å². The van der Waals surface area contributed by atoms with Crippen molar-refractivity contribution in [1.29, 1.82) is 0 Å². The summed E-state index contributed by atoms with van der Waals surface area (Å²) in [7, 11) is 0. The van der Waals surface area contributed by atoms with E-state index in [9.17, 15) is 9.90 Å². The number of aromatic carboxylic acids is 1. The fourth-order valence-corrected chi connectivity index (χ4v) is 1.49. The van der Waals surface area contributed by atoms with Gasteiger partial charge in [-0.15, -0.1) is 0 Å². The highest BCUT2D eigenvalue weighted by atomic mass is 16.4. The van der Waals surface area contributed by atoms with Gasteiger partial charge in [0, 0.05) is 0 Å². The molecule has 1 atom stereocenters. The van der Waals surface area contributed by atoms with Crippen molar-refractivity contribution >= 4 is 23.1 Å². The van der Waals surface area contributed by atoms with Gasteiger partial charge in [0.05, 0.1) is 17.2 Å². The molecule has 1 heterocycles. The quantitative estimate of drug-likeness (QED) is 0.782. The predicted molar refractivity (Wildman–Crippen MR) is 70.4 cm³/mol. The van der Waals surface area contributed by atoms with E-state index in [-0.39, 0.29) is 11.6 Å². The molecule has 0 radical (unpaired) electrons. The average molecular weight is 264 g/mol. The van der Waals surface area contributed by atoms with Gasteiger partial charge >= 0.3 is 5.97 Å². The van der Waals surface area contributed by atoms with E-state index in [2.05, 4.69) is 10.3 Å². The van der Waals surface area contributed by atoms with Crippen molar-refractivity contribution in [2.24, 2.45) is 0 Å². The number of hydrogen-bond donors (Lipinski definition) is 3. The predicted octanol–water partition coefficient (Wildman–Crippen LogP) is 2.10. The van der Waals surface area contributed by atoms with Gasteiger partial charge in [-0.3, -0.25) is 0 Å². The molecular weight excluding hydrogens is 248 g/mol. The second-order valence-electron chi connectivity index (χ2n) is 5.03. The van der Waals surface area contributed by atoms with Crippen LogP contribution in [0.3, 0.4) is 0 Å². The normalized spacial score (nSPS) is 13.5. The topological polar surface area (TPSA) is 95.6 Å². The molecule has 2 aromatic rings. The van der Waals surface area contributed by atoms with Gasteiger partial charge in [0.1, 0.15) is 5.52 Å². The van der Waals surface area contributed by atoms with Crippen molar-refractivity contribution < 1.29 is 19.4 Å². The van der Waals surface area contributed by atoms with E-state index in [1.807, 2.05) is 13.8 Å². The van der Waals surface area contributed by atoms with E-state index in [1.165, 1.54) is 12.1 Å². The van der Waals surface area contributed by atoms with E-state index >= 15 is 0 Å². The molecule has 102 valence electrons. The Bertz CT molecular complexity index is 616. The summed E-state index contributed by atoms with van der Waals surface area (Å²) in [6.45, 7) is 5.29. The summed E-state index contributed by atoms with van der Waals surface area (Å²) in [5.74, 6) is -1.02. The molecule has 0 aliphatic heterocycles. The number of oxazole rings is 1. The zero-order valence-corrected chi connectivity index (χ0v) is 11.0. The molecule has 1 unspecified atom stereocenters. The number of fused-ring (bicyclic) bond motifs is 1. The van der Waals surface area contributed by atoms with Crippen molar-refractivity contribution in [2.75, 3.05) is 5.32 Å². The Balaban J connectivity index is 2.34. The third-order valence-corrected chi connectivity index (χ3v) is 3.11. The molecule has 0 bridgehead atoms. The number of nitrogens with one attached hydrogen (secondary N) is 1. The molecule has 0 amide bonds. The number of aliphatic hydroxyl groups is 1. The smallest absolute Gasteiger partial charge is 0.335 e. The van der Waals surface area contributed by atoms with Gasteiger partial charge in [0.15, 0.2) is 5.58 Å². The molecular formula is C13H16N2O4. The third kappa shape index (κ3) is 2.68. The van der Waals surface area contributed by atoms with Gasteiger partial charge in [0.25, 0.3) is 6.01 Å². The van der Waals surface area contributed by atoms with Gasteiger partial charge < -0.3 is 19.9 Å². The highest BCUT2D eigenvalue weighted by Crippen LogP contribution is 2.23. The molecule has 6 heteroatoms. The summed E-state index contributed by atoms with van der Waals surface area (Å²) in [6, 6.07) is 4.73. The van der Waals surface area contributed by atoms with Gasteiger partial charge in [-0.05, 0) is 39.0 Å². The SMILES string of the molecule is CC(O)C(C)(C)Nc1nc2ccc(C(=O)O)cc2o1. The van der Waals surface area contributed by atoms with Crippen LogP contribution in [0.5, 0.6) is 0 Å². The van der Waals surface area contributed by atoms with Crippen LogP contribution in [0.4, 0.5) is 6.01 Å². The lowest BCUT2D eigenvalue weighted by Crippen LogP contribution is -2.41. The number of carbonyl (C=O) groups is 1. The first-order valence-corrected chi connectivity index (χ1v) is 5.90. The van der Waals surface area contributed by atoms with E-state index in [1.54, 1.807) is 13.0 Å². The average Bonchev–Trinajstić information content (AvgIpc) is 2.68. The van der Waals surface area contributed by atoms with Gasteiger partial charge in [-0.2, -0.15) is 4.98 Å². The fraction of sp³-hybridized carbons (Fsp3) is 0.385. The molecule has 19 heavy (non-hydrogen) atoms. The molecule has 0 saturated carbocycles. The van der Waals surface area contributed by atoms with E-state index in [4.69, 9.17) is 9.52 Å². The summed E-state index contributed by atoms with van der Waals surface area (Å²) < 4.78 is 5.45. The number of rotatable bonds is 4. The van der Waals surface area contributed by atoms with Crippen molar-refractivity contribution in [3.63, 3.8) is 0 Å². The summed E-state index contributed by atoms with van der Waals surface area (Å²) in [5.41, 5.74) is 0.499. The van der Waals surface area contributed by atoms with Gasteiger partial charge in [0.2, 0.25) is 0 Å². The molecule has 2 rings (SSSR count). The van der Waals surface area contributed by atoms with Crippen LogP contribution in [-0.2, 0) is 0 Å². The summed E-state index contributed by atoms with van der Waals surface area (Å²) in [4.78, 5) is 15.1. The number of carboxylic acids is 1. The Morgan fingerprint density at radius 3 is 2.74 bits per heavy atom. The molecule has 0 fully saturated rings. The lowest BCUT2D eigenvalue weighted by Gasteiger charge is -2.28. The van der Waals surface area contributed by atoms with Crippen LogP contribution in [0.25, 0.3) is 11.1 Å². The summed E-state index contributed by atoms with van der Waals surface area (Å²) in [6.07, 6.45) is -0.600. The molecule has 1 aromatic heterocycles. The Morgan fingerprint density at radius 1 is 1.47 bits per heavy atom. The van der Waals surface area contributed by atoms with Crippen LogP contribution in [0.2, 0.25) is 0 Å². The first kappa shape index (κ1) is 13.4. The molecule has 0 spiro atoms. The number of benzene rings is 1. The van der Waals surface area contributed by atoms with Crippen LogP contribution in [0.1, 0.15) is 31.1 Å². The van der Waals surface area contributed by atoms with Gasteiger partial charge in [-0.25, -0.2) is 4.79 Å². The molecule has 0 aliphatic rings. The molecule has 0 aliphatic carbocycles. The second-order valence-corrected chi connectivity index (χ2v) is 5.03. The van der Waals surface area contributed by atoms with Crippen molar-refractivity contribution in [1.82, 2.24) is 4.98 Å². The van der Waals surface area contributed by atoms with Crippen LogP contribution < -0.4 is 5.32 Å². The number of anilines is 1. The number of nitrogens with zero attached hydrogens (tertiary/aromatic N) is 1. The minimum absolute atomic E-state index is 0.144. The first-order chi connectivity index (χ1) is 8.79. The van der Waals surface area contributed by atoms with Crippen LogP contribution in [0, 0.1) is 0 Å². The maximum atomic E-state index is 10.9. The molecule has 1 aromatic carbocycles. The van der Waals surface area contributed by atoms with E-state index in [0.717, 1.165) is 0 Å². The molecule has 6 nitrogen and oxygen atoms in total. The summed E-state index contributed by atoms with van der Waals surface area (Å²) >= 11 is 0.